The maximum atomic E-state index is 12.5. The van der Waals surface area contributed by atoms with E-state index in [9.17, 15) is 9.36 Å². The summed E-state index contributed by atoms with van der Waals surface area (Å²) in [4.78, 5) is 11.9. The lowest BCUT2D eigenvalue weighted by Crippen LogP contribution is -2.11. The van der Waals surface area contributed by atoms with Gasteiger partial charge in [-0.15, -0.1) is 0 Å². The predicted molar refractivity (Wildman–Crippen MR) is 89.5 cm³/mol. The molecule has 23 heavy (non-hydrogen) atoms. The van der Waals surface area contributed by atoms with Crippen LogP contribution < -0.4 is 5.43 Å². The number of rotatable bonds is 7. The molecule has 0 aliphatic carbocycles. The second kappa shape index (κ2) is 7.68. The summed E-state index contributed by atoms with van der Waals surface area (Å²) >= 11 is 0. The lowest BCUT2D eigenvalue weighted by atomic mass is 10.1. The van der Waals surface area contributed by atoms with Crippen molar-refractivity contribution in [3.63, 3.8) is 0 Å². The molecule has 0 aliphatic heterocycles. The van der Waals surface area contributed by atoms with E-state index >= 15 is 0 Å². The van der Waals surface area contributed by atoms with Crippen molar-refractivity contribution < 1.29 is 13.6 Å². The number of nitrogens with zero attached hydrogens (tertiary/aromatic N) is 2. The van der Waals surface area contributed by atoms with Gasteiger partial charge in [0.25, 0.3) is 0 Å². The van der Waals surface area contributed by atoms with E-state index in [4.69, 9.17) is 9.05 Å². The summed E-state index contributed by atoms with van der Waals surface area (Å²) in [7, 11) is -1.37. The molecule has 1 aromatic heterocycles. The molecule has 0 unspecified atom stereocenters. The lowest BCUT2D eigenvalue weighted by Gasteiger charge is -2.17. The average Bonchev–Trinajstić information content (AvgIpc) is 2.51. The topological polar surface area (TPSA) is 70.4 Å². The Morgan fingerprint density at radius 3 is 2.26 bits per heavy atom. The predicted octanol–water partition coefficient (Wildman–Crippen LogP) is 3.21. The van der Waals surface area contributed by atoms with E-state index in [2.05, 4.69) is 5.10 Å². The molecule has 0 fully saturated rings. The van der Waals surface area contributed by atoms with Crippen LogP contribution >= 0.6 is 7.60 Å². The molecule has 2 rings (SSSR count). The van der Waals surface area contributed by atoms with Crippen LogP contribution in [0.15, 0.2) is 41.3 Å². The van der Waals surface area contributed by atoms with Gasteiger partial charge in [0.15, 0.2) is 0 Å². The summed E-state index contributed by atoms with van der Waals surface area (Å²) in [6, 6.07) is 8.69. The van der Waals surface area contributed by atoms with Gasteiger partial charge in [-0.2, -0.15) is 5.10 Å². The maximum Gasteiger partial charge on any atom is 0.335 e. The average molecular weight is 336 g/mol. The van der Waals surface area contributed by atoms with Crippen molar-refractivity contribution in [2.24, 2.45) is 7.05 Å². The Hall–Kier alpha value is -1.75. The Balaban J connectivity index is 2.24. The first-order valence-electron chi connectivity index (χ1n) is 7.49. The summed E-state index contributed by atoms with van der Waals surface area (Å²) < 4.78 is 24.7. The van der Waals surface area contributed by atoms with Gasteiger partial charge < -0.3 is 9.05 Å². The monoisotopic (exact) mass is 336 g/mol. The second-order valence-electron chi connectivity index (χ2n) is 5.00. The Morgan fingerprint density at radius 2 is 1.70 bits per heavy atom. The fourth-order valence-electron chi connectivity index (χ4n) is 2.21. The van der Waals surface area contributed by atoms with Crippen LogP contribution in [0.1, 0.15) is 19.4 Å². The van der Waals surface area contributed by atoms with Crippen LogP contribution in [0.4, 0.5) is 0 Å². The molecule has 0 saturated carbocycles. The second-order valence-corrected chi connectivity index (χ2v) is 7.06. The molecular formula is C16H21N2O4P. The SMILES string of the molecule is CCOP(=O)(Cc1ccc(-c2nn(C)ccc2=O)cc1)OCC. The number of aromatic nitrogens is 2. The highest BCUT2D eigenvalue weighted by Crippen LogP contribution is 2.51. The molecule has 0 amide bonds. The minimum atomic E-state index is -3.13. The molecule has 0 aliphatic rings. The largest absolute Gasteiger partial charge is 0.335 e. The first kappa shape index (κ1) is 17.6. The fraction of sp³-hybridized carbons (Fsp3) is 0.375. The molecule has 2 aromatic rings. The minimum Gasteiger partial charge on any atom is -0.309 e. The van der Waals surface area contributed by atoms with Crippen molar-refractivity contribution in [1.29, 1.82) is 0 Å². The van der Waals surface area contributed by atoms with Crippen LogP contribution in [-0.4, -0.2) is 23.0 Å². The normalized spacial score (nSPS) is 11.6. The molecule has 0 N–H and O–H groups in total. The number of benzene rings is 1. The van der Waals surface area contributed by atoms with Crippen LogP contribution in [-0.2, 0) is 26.8 Å². The molecule has 1 heterocycles. The Bertz CT molecular complexity index is 745. The summed E-state index contributed by atoms with van der Waals surface area (Å²) in [6.45, 7) is 4.23. The summed E-state index contributed by atoms with van der Waals surface area (Å²) in [5, 5.41) is 4.21. The van der Waals surface area contributed by atoms with E-state index in [0.717, 1.165) is 11.1 Å². The number of hydrogen-bond acceptors (Lipinski definition) is 5. The molecule has 0 bridgehead atoms. The van der Waals surface area contributed by atoms with Gasteiger partial charge in [-0.1, -0.05) is 24.3 Å². The molecule has 7 heteroatoms. The molecule has 6 nitrogen and oxygen atoms in total. The van der Waals surface area contributed by atoms with Gasteiger partial charge in [0, 0.05) is 24.9 Å². The first-order valence-corrected chi connectivity index (χ1v) is 9.21. The van der Waals surface area contributed by atoms with E-state index in [1.807, 2.05) is 12.1 Å². The molecule has 0 saturated heterocycles. The van der Waals surface area contributed by atoms with Crippen LogP contribution in [0.25, 0.3) is 11.3 Å². The third-order valence-corrected chi connectivity index (χ3v) is 5.24. The van der Waals surface area contributed by atoms with Crippen LogP contribution in [0, 0.1) is 0 Å². The van der Waals surface area contributed by atoms with E-state index in [-0.39, 0.29) is 11.6 Å². The van der Waals surface area contributed by atoms with Crippen molar-refractivity contribution in [3.8, 4) is 11.3 Å². The number of hydrogen-bond donors (Lipinski definition) is 0. The summed E-state index contributed by atoms with van der Waals surface area (Å²) in [6.07, 6.45) is 1.82. The Kier molecular flexibility index (Phi) is 5.88. The zero-order valence-electron chi connectivity index (χ0n) is 13.6. The van der Waals surface area contributed by atoms with Crippen LogP contribution in [0.2, 0.25) is 0 Å². The van der Waals surface area contributed by atoms with Gasteiger partial charge in [0.1, 0.15) is 5.69 Å². The summed E-state index contributed by atoms with van der Waals surface area (Å²) in [5.74, 6) is 0. The highest BCUT2D eigenvalue weighted by atomic mass is 31.2. The van der Waals surface area contributed by atoms with Gasteiger partial charge >= 0.3 is 7.60 Å². The van der Waals surface area contributed by atoms with E-state index in [1.165, 1.54) is 6.07 Å². The van der Waals surface area contributed by atoms with Gasteiger partial charge in [0.05, 0.1) is 19.4 Å². The zero-order valence-corrected chi connectivity index (χ0v) is 14.5. The van der Waals surface area contributed by atoms with Crippen LogP contribution in [0.3, 0.4) is 0 Å². The van der Waals surface area contributed by atoms with Crippen molar-refractivity contribution in [2.45, 2.75) is 20.0 Å². The van der Waals surface area contributed by atoms with Crippen molar-refractivity contribution in [2.75, 3.05) is 13.2 Å². The zero-order chi connectivity index (χ0) is 16.9. The summed E-state index contributed by atoms with van der Waals surface area (Å²) in [5.41, 5.74) is 1.80. The maximum absolute atomic E-state index is 12.5. The fourth-order valence-corrected chi connectivity index (χ4v) is 3.91. The van der Waals surface area contributed by atoms with E-state index in [0.29, 0.717) is 18.9 Å². The third-order valence-electron chi connectivity index (χ3n) is 3.19. The van der Waals surface area contributed by atoms with Gasteiger partial charge in [-0.3, -0.25) is 14.0 Å². The van der Waals surface area contributed by atoms with Gasteiger partial charge in [0.2, 0.25) is 5.43 Å². The quantitative estimate of drug-likeness (QED) is 0.726. The molecule has 0 spiro atoms. The standard InChI is InChI=1S/C16H21N2O4P/c1-4-21-23(20,22-5-2)12-13-6-8-14(9-7-13)16-15(19)10-11-18(3)17-16/h6-11H,4-5,12H2,1-3H3. The molecule has 124 valence electrons. The lowest BCUT2D eigenvalue weighted by molar-refractivity contribution is 0.219. The van der Waals surface area contributed by atoms with Gasteiger partial charge in [-0.05, 0) is 19.4 Å². The Morgan fingerprint density at radius 1 is 1.09 bits per heavy atom. The molecular weight excluding hydrogens is 315 g/mol. The molecule has 1 aromatic carbocycles. The van der Waals surface area contributed by atoms with E-state index < -0.39 is 7.60 Å². The Labute approximate surface area is 135 Å². The first-order chi connectivity index (χ1) is 11.0. The van der Waals surface area contributed by atoms with Crippen molar-refractivity contribution in [3.05, 3.63) is 52.3 Å². The van der Waals surface area contributed by atoms with Crippen molar-refractivity contribution in [1.82, 2.24) is 9.78 Å². The highest BCUT2D eigenvalue weighted by Gasteiger charge is 2.24. The highest BCUT2D eigenvalue weighted by molar-refractivity contribution is 7.53. The molecule has 0 atom stereocenters. The van der Waals surface area contributed by atoms with Gasteiger partial charge in [-0.25, -0.2) is 0 Å². The third kappa shape index (κ3) is 4.61. The van der Waals surface area contributed by atoms with E-state index in [1.54, 1.807) is 43.9 Å². The van der Waals surface area contributed by atoms with Crippen molar-refractivity contribution >= 4 is 7.60 Å². The number of aryl methyl sites for hydroxylation is 1. The smallest absolute Gasteiger partial charge is 0.309 e. The van der Waals surface area contributed by atoms with Crippen LogP contribution in [0.5, 0.6) is 0 Å². The minimum absolute atomic E-state index is 0.134. The molecule has 0 radical (unpaired) electrons.